The number of amides is 2. The predicted molar refractivity (Wildman–Crippen MR) is 133 cm³/mol. The molecule has 0 bridgehead atoms. The van der Waals surface area contributed by atoms with Gasteiger partial charge in [0.05, 0.1) is 11.7 Å². The van der Waals surface area contributed by atoms with E-state index in [9.17, 15) is 24.6 Å². The molecule has 35 heavy (non-hydrogen) atoms. The van der Waals surface area contributed by atoms with Crippen molar-refractivity contribution in [2.45, 2.75) is 25.0 Å². The first-order chi connectivity index (χ1) is 16.8. The summed E-state index contributed by atoms with van der Waals surface area (Å²) in [6, 6.07) is 19.1. The number of nitrogens with one attached hydrogen (secondary N) is 2. The highest BCUT2D eigenvalue weighted by Crippen LogP contribution is 2.44. The quantitative estimate of drug-likeness (QED) is 0.354. The van der Waals surface area contributed by atoms with Crippen molar-refractivity contribution >= 4 is 39.6 Å². The molecule has 0 spiro atoms. The van der Waals surface area contributed by atoms with Gasteiger partial charge in [-0.3, -0.25) is 10.1 Å². The van der Waals surface area contributed by atoms with Gasteiger partial charge in [-0.15, -0.1) is 0 Å². The maximum Gasteiger partial charge on any atom is 0.411 e. The fourth-order valence-electron chi connectivity index (χ4n) is 4.14. The largest absolute Gasteiger partial charge is 0.480 e. The summed E-state index contributed by atoms with van der Waals surface area (Å²) in [5.41, 5.74) is 4.81. The van der Waals surface area contributed by atoms with Crippen LogP contribution in [0, 0.1) is 0 Å². The van der Waals surface area contributed by atoms with Crippen LogP contribution in [-0.2, 0) is 9.53 Å². The number of anilines is 1. The Bertz CT molecular complexity index is 1250. The van der Waals surface area contributed by atoms with Crippen LogP contribution in [0.15, 0.2) is 71.2 Å². The number of rotatable bonds is 7. The molecule has 4 N–H and O–H groups in total. The van der Waals surface area contributed by atoms with Gasteiger partial charge in [-0.2, -0.15) is 0 Å². The van der Waals surface area contributed by atoms with Crippen molar-refractivity contribution in [1.82, 2.24) is 5.32 Å². The second kappa shape index (κ2) is 10.3. The molecule has 2 amide bonds. The second-order valence-electron chi connectivity index (χ2n) is 8.18. The van der Waals surface area contributed by atoms with Gasteiger partial charge in [-0.05, 0) is 63.3 Å². The van der Waals surface area contributed by atoms with Crippen LogP contribution in [0.25, 0.3) is 11.1 Å². The molecule has 8 nitrogen and oxygen atoms in total. The standard InChI is InChI=1S/C26H23BrN2O6/c1-14(30)23(25(32)33)29-24(31)20-12-15(10-11-22(20)27)28-26(34)35-13-21-18-8-4-2-6-16(18)17-7-3-5-9-19(17)21/h2-12,14,21,23,30H,13H2,1H3,(H,28,34)(H,29,31)(H,32,33)/t14-,23+/m1/s1. The van der Waals surface area contributed by atoms with Crippen molar-refractivity contribution < 1.29 is 29.3 Å². The SMILES string of the molecule is C[C@@H](O)[C@H](NC(=O)c1cc(NC(=O)OCC2c3ccccc3-c3ccccc32)ccc1Br)C(=O)O. The molecule has 0 aliphatic heterocycles. The maximum absolute atomic E-state index is 12.6. The molecule has 0 fully saturated rings. The Hall–Kier alpha value is -3.69. The minimum Gasteiger partial charge on any atom is -0.480 e. The second-order valence-corrected chi connectivity index (χ2v) is 9.03. The van der Waals surface area contributed by atoms with E-state index in [4.69, 9.17) is 4.74 Å². The van der Waals surface area contributed by atoms with Crippen molar-refractivity contribution in [2.24, 2.45) is 0 Å². The third-order valence-electron chi connectivity index (χ3n) is 5.84. The zero-order chi connectivity index (χ0) is 25.1. The summed E-state index contributed by atoms with van der Waals surface area (Å²) in [5, 5.41) is 23.7. The van der Waals surface area contributed by atoms with Gasteiger partial charge in [0.2, 0.25) is 0 Å². The number of benzene rings is 3. The molecule has 1 aliphatic rings. The fraction of sp³-hybridized carbons (Fsp3) is 0.192. The summed E-state index contributed by atoms with van der Waals surface area (Å²) in [5.74, 6) is -2.17. The van der Waals surface area contributed by atoms with Crippen LogP contribution in [0.5, 0.6) is 0 Å². The summed E-state index contributed by atoms with van der Waals surface area (Å²) in [6.45, 7) is 1.40. The Labute approximate surface area is 210 Å². The average molecular weight is 539 g/mol. The Morgan fingerprint density at radius 1 is 1.00 bits per heavy atom. The first kappa shape index (κ1) is 24.4. The van der Waals surface area contributed by atoms with Gasteiger partial charge in [-0.1, -0.05) is 48.5 Å². The van der Waals surface area contributed by atoms with Crippen LogP contribution in [0.4, 0.5) is 10.5 Å². The molecule has 9 heteroatoms. The lowest BCUT2D eigenvalue weighted by atomic mass is 9.98. The van der Waals surface area contributed by atoms with Crippen LogP contribution in [-0.4, -0.2) is 46.9 Å². The molecule has 3 aromatic rings. The van der Waals surface area contributed by atoms with Crippen LogP contribution >= 0.6 is 15.9 Å². The number of carboxylic acid groups (broad SMARTS) is 1. The lowest BCUT2D eigenvalue weighted by Crippen LogP contribution is -2.47. The lowest BCUT2D eigenvalue weighted by molar-refractivity contribution is -0.141. The Kier molecular flexibility index (Phi) is 7.18. The van der Waals surface area contributed by atoms with Gasteiger partial charge >= 0.3 is 12.1 Å². The van der Waals surface area contributed by atoms with E-state index < -0.39 is 30.1 Å². The summed E-state index contributed by atoms with van der Waals surface area (Å²) in [6.07, 6.45) is -1.98. The third-order valence-corrected chi connectivity index (χ3v) is 6.53. The van der Waals surface area contributed by atoms with E-state index in [0.29, 0.717) is 10.2 Å². The van der Waals surface area contributed by atoms with Crippen LogP contribution < -0.4 is 10.6 Å². The number of fused-ring (bicyclic) bond motifs is 3. The molecule has 0 aromatic heterocycles. The van der Waals surface area contributed by atoms with E-state index in [1.807, 2.05) is 36.4 Å². The maximum atomic E-state index is 12.6. The molecular formula is C26H23BrN2O6. The van der Waals surface area contributed by atoms with E-state index in [0.717, 1.165) is 22.3 Å². The van der Waals surface area contributed by atoms with Crippen LogP contribution in [0.1, 0.15) is 34.3 Å². The number of ether oxygens (including phenoxy) is 1. The van der Waals surface area contributed by atoms with Crippen molar-refractivity contribution in [2.75, 3.05) is 11.9 Å². The van der Waals surface area contributed by atoms with Crippen molar-refractivity contribution in [3.8, 4) is 11.1 Å². The van der Waals surface area contributed by atoms with E-state index in [1.54, 1.807) is 12.1 Å². The molecule has 180 valence electrons. The van der Waals surface area contributed by atoms with Gasteiger partial charge in [0.15, 0.2) is 6.04 Å². The fourth-order valence-corrected chi connectivity index (χ4v) is 4.56. The number of carbonyl (C=O) groups excluding carboxylic acids is 2. The summed E-state index contributed by atoms with van der Waals surface area (Å²) >= 11 is 3.25. The molecule has 0 heterocycles. The summed E-state index contributed by atoms with van der Waals surface area (Å²) < 4.78 is 5.92. The van der Waals surface area contributed by atoms with E-state index in [1.165, 1.54) is 13.0 Å². The number of halogens is 1. The van der Waals surface area contributed by atoms with Crippen LogP contribution in [0.3, 0.4) is 0 Å². The summed E-state index contributed by atoms with van der Waals surface area (Å²) in [4.78, 5) is 36.4. The highest BCUT2D eigenvalue weighted by atomic mass is 79.9. The van der Waals surface area contributed by atoms with Crippen molar-refractivity contribution in [1.29, 1.82) is 0 Å². The van der Waals surface area contributed by atoms with Gasteiger partial charge < -0.3 is 20.3 Å². The molecule has 3 aromatic carbocycles. The van der Waals surface area contributed by atoms with Gasteiger partial charge in [-0.25, -0.2) is 9.59 Å². The highest BCUT2D eigenvalue weighted by Gasteiger charge is 2.29. The van der Waals surface area contributed by atoms with E-state index >= 15 is 0 Å². The van der Waals surface area contributed by atoms with Crippen LogP contribution in [0.2, 0.25) is 0 Å². The van der Waals surface area contributed by atoms with Gasteiger partial charge in [0.1, 0.15) is 6.61 Å². The Morgan fingerprint density at radius 2 is 1.60 bits per heavy atom. The molecule has 2 atom stereocenters. The average Bonchev–Trinajstić information content (AvgIpc) is 3.15. The normalized spacial score (nSPS) is 13.8. The Balaban J connectivity index is 1.44. The topological polar surface area (TPSA) is 125 Å². The molecule has 0 saturated carbocycles. The number of aliphatic hydroxyl groups excluding tert-OH is 1. The van der Waals surface area contributed by atoms with Gasteiger partial charge in [0.25, 0.3) is 5.91 Å². The number of hydrogen-bond donors (Lipinski definition) is 4. The minimum atomic E-state index is -1.48. The summed E-state index contributed by atoms with van der Waals surface area (Å²) in [7, 11) is 0. The van der Waals surface area contributed by atoms with Gasteiger partial charge in [0, 0.05) is 16.1 Å². The predicted octanol–water partition coefficient (Wildman–Crippen LogP) is 4.37. The van der Waals surface area contributed by atoms with E-state index in [2.05, 4.69) is 38.7 Å². The third kappa shape index (κ3) is 5.21. The number of hydrogen-bond acceptors (Lipinski definition) is 5. The van der Waals surface area contributed by atoms with Crippen molar-refractivity contribution in [3.63, 3.8) is 0 Å². The number of carboxylic acids is 1. The lowest BCUT2D eigenvalue weighted by Gasteiger charge is -2.18. The molecule has 0 unspecified atom stereocenters. The Morgan fingerprint density at radius 3 is 2.17 bits per heavy atom. The molecular weight excluding hydrogens is 516 g/mol. The van der Waals surface area contributed by atoms with Crippen molar-refractivity contribution in [3.05, 3.63) is 87.9 Å². The molecule has 4 rings (SSSR count). The number of aliphatic hydroxyl groups is 1. The molecule has 1 aliphatic carbocycles. The first-order valence-electron chi connectivity index (χ1n) is 10.9. The minimum absolute atomic E-state index is 0.0900. The molecule has 0 radical (unpaired) electrons. The smallest absolute Gasteiger partial charge is 0.411 e. The molecule has 0 saturated heterocycles. The number of aliphatic carboxylic acids is 1. The first-order valence-corrected chi connectivity index (χ1v) is 11.7. The highest BCUT2D eigenvalue weighted by molar-refractivity contribution is 9.10. The zero-order valence-corrected chi connectivity index (χ0v) is 20.3. The monoisotopic (exact) mass is 538 g/mol. The number of carbonyl (C=O) groups is 3. The zero-order valence-electron chi connectivity index (χ0n) is 18.7. The van der Waals surface area contributed by atoms with E-state index in [-0.39, 0.29) is 18.1 Å².